The summed E-state index contributed by atoms with van der Waals surface area (Å²) >= 11 is 0. The van der Waals surface area contributed by atoms with Gasteiger partial charge in [0.2, 0.25) is 0 Å². The Morgan fingerprint density at radius 2 is 2.39 bits per heavy atom. The summed E-state index contributed by atoms with van der Waals surface area (Å²) in [7, 11) is 0. The maximum Gasteiger partial charge on any atom is 0.295 e. The van der Waals surface area contributed by atoms with Crippen molar-refractivity contribution in [1.82, 2.24) is 4.98 Å². The molecule has 0 aliphatic carbocycles. The molecule has 2 aromatic rings. The second-order valence-electron chi connectivity index (χ2n) is 3.99. The lowest BCUT2D eigenvalue weighted by molar-refractivity contribution is -0.384. The predicted octanol–water partition coefficient (Wildman–Crippen LogP) is 1.92. The third kappa shape index (κ3) is 2.57. The second kappa shape index (κ2) is 5.01. The zero-order valence-corrected chi connectivity index (χ0v) is 9.79. The first-order valence-electron chi connectivity index (χ1n) is 5.52. The monoisotopic (exact) mass is 251 g/mol. The van der Waals surface area contributed by atoms with Gasteiger partial charge in [0.05, 0.1) is 11.0 Å². The van der Waals surface area contributed by atoms with Crippen LogP contribution in [-0.4, -0.2) is 27.7 Å². The molecule has 0 aliphatic heterocycles. The lowest BCUT2D eigenvalue weighted by Gasteiger charge is -2.08. The number of non-ortho nitro benzene ring substituents is 1. The largest absolute Gasteiger partial charge is 0.423 e. The first-order chi connectivity index (χ1) is 8.60. The van der Waals surface area contributed by atoms with E-state index >= 15 is 0 Å². The van der Waals surface area contributed by atoms with E-state index in [1.165, 1.54) is 12.1 Å². The van der Waals surface area contributed by atoms with E-state index in [1.807, 2.05) is 6.92 Å². The van der Waals surface area contributed by atoms with Crippen LogP contribution in [0, 0.1) is 10.1 Å². The number of oxazole rings is 1. The van der Waals surface area contributed by atoms with Crippen LogP contribution in [0.25, 0.3) is 11.1 Å². The highest BCUT2D eigenvalue weighted by atomic mass is 16.6. The van der Waals surface area contributed by atoms with Crippen LogP contribution >= 0.6 is 0 Å². The van der Waals surface area contributed by atoms with Crippen molar-refractivity contribution in [3.05, 3.63) is 28.3 Å². The molecule has 0 spiro atoms. The van der Waals surface area contributed by atoms with Crippen LogP contribution in [0.15, 0.2) is 22.6 Å². The molecule has 7 heteroatoms. The number of nitro benzene ring substituents is 1. The molecule has 2 rings (SSSR count). The summed E-state index contributed by atoms with van der Waals surface area (Å²) in [6.45, 7) is 1.95. The number of nitrogens with one attached hydrogen (secondary N) is 1. The highest BCUT2D eigenvalue weighted by Gasteiger charge is 2.12. The SMILES string of the molecule is CC(CCO)Nc1nc2ccc([N+](=O)[O-])cc2o1. The molecule has 7 nitrogen and oxygen atoms in total. The third-order valence-electron chi connectivity index (χ3n) is 2.51. The number of aliphatic hydroxyl groups excluding tert-OH is 1. The Balaban J connectivity index is 2.24. The summed E-state index contributed by atoms with van der Waals surface area (Å²) in [6, 6.07) is 4.57. The van der Waals surface area contributed by atoms with E-state index in [2.05, 4.69) is 10.3 Å². The summed E-state index contributed by atoms with van der Waals surface area (Å²) in [5, 5.41) is 22.4. The van der Waals surface area contributed by atoms with Crippen molar-refractivity contribution in [3.63, 3.8) is 0 Å². The van der Waals surface area contributed by atoms with Crippen molar-refractivity contribution in [2.24, 2.45) is 0 Å². The van der Waals surface area contributed by atoms with Gasteiger partial charge in [0, 0.05) is 18.7 Å². The Kier molecular flexibility index (Phi) is 3.42. The quantitative estimate of drug-likeness (QED) is 0.621. The second-order valence-corrected chi connectivity index (χ2v) is 3.99. The molecular weight excluding hydrogens is 238 g/mol. The molecule has 1 heterocycles. The first kappa shape index (κ1) is 12.3. The van der Waals surface area contributed by atoms with Gasteiger partial charge in [0.15, 0.2) is 5.58 Å². The van der Waals surface area contributed by atoms with Crippen LogP contribution < -0.4 is 5.32 Å². The Bertz CT molecular complexity index is 566. The smallest absolute Gasteiger partial charge is 0.295 e. The van der Waals surface area contributed by atoms with Gasteiger partial charge in [-0.05, 0) is 19.4 Å². The minimum atomic E-state index is -0.483. The van der Waals surface area contributed by atoms with Gasteiger partial charge in [-0.3, -0.25) is 10.1 Å². The summed E-state index contributed by atoms with van der Waals surface area (Å²) in [5.74, 6) is 0. The van der Waals surface area contributed by atoms with Gasteiger partial charge in [0.25, 0.3) is 11.7 Å². The third-order valence-corrected chi connectivity index (χ3v) is 2.51. The average molecular weight is 251 g/mol. The van der Waals surface area contributed by atoms with E-state index in [0.29, 0.717) is 23.5 Å². The fraction of sp³-hybridized carbons (Fsp3) is 0.364. The Hall–Kier alpha value is -2.15. The summed E-state index contributed by atoms with van der Waals surface area (Å²) in [5.41, 5.74) is 0.885. The number of aliphatic hydroxyl groups is 1. The Morgan fingerprint density at radius 1 is 1.61 bits per heavy atom. The van der Waals surface area contributed by atoms with E-state index in [9.17, 15) is 10.1 Å². The van der Waals surface area contributed by atoms with Gasteiger partial charge in [-0.15, -0.1) is 0 Å². The molecule has 0 fully saturated rings. The van der Waals surface area contributed by atoms with Crippen LogP contribution in [-0.2, 0) is 0 Å². The number of nitro groups is 1. The van der Waals surface area contributed by atoms with E-state index < -0.39 is 4.92 Å². The Labute approximate surface area is 103 Å². The molecule has 2 N–H and O–H groups in total. The van der Waals surface area contributed by atoms with E-state index in [0.717, 1.165) is 0 Å². The van der Waals surface area contributed by atoms with Crippen molar-refractivity contribution >= 4 is 22.8 Å². The molecule has 0 aliphatic rings. The zero-order chi connectivity index (χ0) is 13.1. The Morgan fingerprint density at radius 3 is 3.06 bits per heavy atom. The van der Waals surface area contributed by atoms with Crippen LogP contribution in [0.2, 0.25) is 0 Å². The molecule has 1 atom stereocenters. The maximum absolute atomic E-state index is 10.6. The normalized spacial score (nSPS) is 12.6. The number of fused-ring (bicyclic) bond motifs is 1. The minimum absolute atomic E-state index is 0.0121. The standard InChI is InChI=1S/C11H13N3O4/c1-7(4-5-15)12-11-13-9-3-2-8(14(16)17)6-10(9)18-11/h2-3,6-7,15H,4-5H2,1H3,(H,12,13). The highest BCUT2D eigenvalue weighted by Crippen LogP contribution is 2.24. The van der Waals surface area contributed by atoms with E-state index in [-0.39, 0.29) is 18.3 Å². The molecule has 1 unspecified atom stereocenters. The first-order valence-corrected chi connectivity index (χ1v) is 5.52. The molecule has 0 radical (unpaired) electrons. The number of hydrogen-bond donors (Lipinski definition) is 2. The fourth-order valence-corrected chi connectivity index (χ4v) is 1.57. The number of nitrogens with zero attached hydrogens (tertiary/aromatic N) is 2. The topological polar surface area (TPSA) is 101 Å². The number of rotatable bonds is 5. The van der Waals surface area contributed by atoms with E-state index in [4.69, 9.17) is 9.52 Å². The number of anilines is 1. The molecule has 0 amide bonds. The molecule has 96 valence electrons. The van der Waals surface area contributed by atoms with Crippen molar-refractivity contribution in [2.45, 2.75) is 19.4 Å². The van der Waals surface area contributed by atoms with Gasteiger partial charge in [-0.25, -0.2) is 0 Å². The summed E-state index contributed by atoms with van der Waals surface area (Å²) < 4.78 is 5.37. The zero-order valence-electron chi connectivity index (χ0n) is 9.79. The predicted molar refractivity (Wildman–Crippen MR) is 65.5 cm³/mol. The van der Waals surface area contributed by atoms with Gasteiger partial charge >= 0.3 is 0 Å². The highest BCUT2D eigenvalue weighted by molar-refractivity contribution is 5.77. The summed E-state index contributed by atoms with van der Waals surface area (Å²) in [6.07, 6.45) is 0.568. The van der Waals surface area contributed by atoms with Gasteiger partial charge in [-0.2, -0.15) is 4.98 Å². The molecule has 1 aromatic heterocycles. The van der Waals surface area contributed by atoms with Crippen LogP contribution in [0.3, 0.4) is 0 Å². The maximum atomic E-state index is 10.6. The molecule has 18 heavy (non-hydrogen) atoms. The fourth-order valence-electron chi connectivity index (χ4n) is 1.57. The van der Waals surface area contributed by atoms with Crippen molar-refractivity contribution in [2.75, 3.05) is 11.9 Å². The van der Waals surface area contributed by atoms with E-state index in [1.54, 1.807) is 6.07 Å². The number of aromatic nitrogens is 1. The van der Waals surface area contributed by atoms with Gasteiger partial charge < -0.3 is 14.8 Å². The molecule has 0 saturated carbocycles. The van der Waals surface area contributed by atoms with Gasteiger partial charge in [0.1, 0.15) is 5.52 Å². The molecule has 0 bridgehead atoms. The van der Waals surface area contributed by atoms with Crippen molar-refractivity contribution in [1.29, 1.82) is 0 Å². The lowest BCUT2D eigenvalue weighted by Crippen LogP contribution is -2.16. The lowest BCUT2D eigenvalue weighted by atomic mass is 10.2. The average Bonchev–Trinajstić information content (AvgIpc) is 2.69. The molecular formula is C11H13N3O4. The number of hydrogen-bond acceptors (Lipinski definition) is 6. The van der Waals surface area contributed by atoms with Gasteiger partial charge in [-0.1, -0.05) is 0 Å². The van der Waals surface area contributed by atoms with Crippen LogP contribution in [0.4, 0.5) is 11.7 Å². The van der Waals surface area contributed by atoms with Crippen molar-refractivity contribution in [3.8, 4) is 0 Å². The minimum Gasteiger partial charge on any atom is -0.423 e. The molecule has 0 saturated heterocycles. The van der Waals surface area contributed by atoms with Crippen LogP contribution in [0.5, 0.6) is 0 Å². The summed E-state index contributed by atoms with van der Waals surface area (Å²) in [4.78, 5) is 14.3. The number of benzene rings is 1. The molecule has 1 aromatic carbocycles. The van der Waals surface area contributed by atoms with Crippen molar-refractivity contribution < 1.29 is 14.4 Å². The van der Waals surface area contributed by atoms with Crippen LogP contribution in [0.1, 0.15) is 13.3 Å².